The second-order valence-electron chi connectivity index (χ2n) is 10.2. The molecule has 2 aliphatic rings. The van der Waals surface area contributed by atoms with Crippen LogP contribution in [0.3, 0.4) is 0 Å². The highest BCUT2D eigenvalue weighted by Crippen LogP contribution is 2.57. The van der Waals surface area contributed by atoms with Crippen LogP contribution in [0.2, 0.25) is 10.0 Å². The lowest BCUT2D eigenvalue weighted by molar-refractivity contribution is -0.127. The number of benzene rings is 3. The number of aromatic nitrogens is 1. The van der Waals surface area contributed by atoms with E-state index < -0.39 is 27.5 Å². The number of carbonyl (C=O) groups is 1. The molecule has 10 nitrogen and oxygen atoms in total. The molecule has 1 fully saturated rings. The molecule has 43 heavy (non-hydrogen) atoms. The maximum atomic E-state index is 15.2. The quantitative estimate of drug-likeness (QED) is 0.272. The highest BCUT2D eigenvalue weighted by molar-refractivity contribution is 7.93. The number of aliphatic hydroxyl groups excluding tert-OH is 1. The Bertz CT molecular complexity index is 1800. The lowest BCUT2D eigenvalue weighted by Gasteiger charge is -2.41. The van der Waals surface area contributed by atoms with Crippen molar-refractivity contribution in [3.8, 4) is 11.5 Å². The van der Waals surface area contributed by atoms with Gasteiger partial charge in [0, 0.05) is 17.7 Å². The van der Waals surface area contributed by atoms with Gasteiger partial charge in [-0.25, -0.2) is 17.7 Å². The standard InChI is InChI=1S/C30H27Cl2N3O7S/c1-40-19-6-8-20(9-7-19)43(38,39)35-26-16-24(32)23(31)15-21(26)30(29(35)37,22-14-18(17-36)5-10-27(22)41-2)34-12-3-4-25(34)28-33-11-13-42-28/h5-11,13-16,25,36H,3-4,12,17H2,1-2H3/t25-,30?/m0/s1. The van der Waals surface area contributed by atoms with Crippen LogP contribution in [0.25, 0.3) is 0 Å². The average molecular weight is 645 g/mol. The van der Waals surface area contributed by atoms with E-state index in [1.807, 2.05) is 4.90 Å². The topological polar surface area (TPSA) is 122 Å². The summed E-state index contributed by atoms with van der Waals surface area (Å²) in [7, 11) is -1.57. The number of oxazole rings is 1. The van der Waals surface area contributed by atoms with Crippen LogP contribution >= 0.6 is 23.2 Å². The Balaban J connectivity index is 1.70. The van der Waals surface area contributed by atoms with Crippen molar-refractivity contribution < 1.29 is 32.2 Å². The van der Waals surface area contributed by atoms with Gasteiger partial charge < -0.3 is 19.0 Å². The number of fused-ring (bicyclic) bond motifs is 1. The number of amides is 1. The van der Waals surface area contributed by atoms with E-state index in [2.05, 4.69) is 4.98 Å². The van der Waals surface area contributed by atoms with Crippen molar-refractivity contribution in [2.75, 3.05) is 25.1 Å². The summed E-state index contributed by atoms with van der Waals surface area (Å²) in [4.78, 5) is 21.4. The molecule has 0 radical (unpaired) electrons. The Morgan fingerprint density at radius 1 is 1.05 bits per heavy atom. The third-order valence-electron chi connectivity index (χ3n) is 8.00. The monoisotopic (exact) mass is 643 g/mol. The van der Waals surface area contributed by atoms with Crippen LogP contribution in [-0.2, 0) is 27.0 Å². The van der Waals surface area contributed by atoms with Crippen LogP contribution in [0.1, 0.15) is 41.5 Å². The van der Waals surface area contributed by atoms with E-state index in [9.17, 15) is 13.5 Å². The van der Waals surface area contributed by atoms with Crippen molar-refractivity contribution in [1.82, 2.24) is 9.88 Å². The molecule has 224 valence electrons. The lowest BCUT2D eigenvalue weighted by atomic mass is 9.80. The molecule has 0 aliphatic carbocycles. The van der Waals surface area contributed by atoms with Gasteiger partial charge in [-0.2, -0.15) is 0 Å². The van der Waals surface area contributed by atoms with Crippen molar-refractivity contribution in [2.45, 2.75) is 35.9 Å². The van der Waals surface area contributed by atoms with Gasteiger partial charge in [0.25, 0.3) is 15.9 Å². The molecule has 1 aromatic heterocycles. The molecule has 6 rings (SSSR count). The van der Waals surface area contributed by atoms with Crippen molar-refractivity contribution in [3.05, 3.63) is 99.7 Å². The minimum Gasteiger partial charge on any atom is -0.497 e. The van der Waals surface area contributed by atoms with E-state index in [1.54, 1.807) is 18.2 Å². The van der Waals surface area contributed by atoms with Crippen LogP contribution in [-0.4, -0.2) is 50.1 Å². The maximum absolute atomic E-state index is 15.2. The molecule has 3 aromatic carbocycles. The fourth-order valence-electron chi connectivity index (χ4n) is 6.11. The van der Waals surface area contributed by atoms with Crippen LogP contribution in [0.5, 0.6) is 11.5 Å². The zero-order chi connectivity index (χ0) is 30.5. The van der Waals surface area contributed by atoms with Gasteiger partial charge in [0.15, 0.2) is 5.54 Å². The highest BCUT2D eigenvalue weighted by Gasteiger charge is 2.63. The summed E-state index contributed by atoms with van der Waals surface area (Å²) in [5.74, 6) is 0.348. The Hall–Kier alpha value is -3.61. The van der Waals surface area contributed by atoms with Crippen LogP contribution in [0, 0.1) is 0 Å². The molecule has 13 heteroatoms. The normalized spacial score (nSPS) is 20.4. The smallest absolute Gasteiger partial charge is 0.271 e. The Morgan fingerprint density at radius 2 is 1.79 bits per heavy atom. The summed E-state index contributed by atoms with van der Waals surface area (Å²) in [6.07, 6.45) is 4.21. The Morgan fingerprint density at radius 3 is 2.44 bits per heavy atom. The zero-order valence-corrected chi connectivity index (χ0v) is 25.5. The fourth-order valence-corrected chi connectivity index (χ4v) is 7.88. The number of sulfonamides is 1. The van der Waals surface area contributed by atoms with E-state index in [4.69, 9.17) is 37.1 Å². The third kappa shape index (κ3) is 4.49. The summed E-state index contributed by atoms with van der Waals surface area (Å²) in [5.41, 5.74) is -0.638. The third-order valence-corrected chi connectivity index (χ3v) is 10.4. The first-order valence-electron chi connectivity index (χ1n) is 13.4. The molecule has 2 atom stereocenters. The molecule has 1 amide bonds. The SMILES string of the molecule is COc1ccc(S(=O)(=O)N2C(=O)C(c3cc(CO)ccc3OC)(N3CCC[C@H]3c3ncco3)c3cc(Cl)c(Cl)cc32)cc1. The number of likely N-dealkylation sites (tertiary alicyclic amines) is 1. The van der Waals surface area contributed by atoms with Gasteiger partial charge in [-0.05, 0) is 66.9 Å². The van der Waals surface area contributed by atoms with E-state index >= 15 is 4.79 Å². The molecule has 0 bridgehead atoms. The highest BCUT2D eigenvalue weighted by atomic mass is 35.5. The number of hydrogen-bond donors (Lipinski definition) is 1. The Kier molecular flexibility index (Phi) is 7.64. The van der Waals surface area contributed by atoms with Crippen molar-refractivity contribution in [1.29, 1.82) is 0 Å². The fraction of sp³-hybridized carbons (Fsp3) is 0.267. The lowest BCUT2D eigenvalue weighted by Crippen LogP contribution is -2.54. The van der Waals surface area contributed by atoms with Gasteiger partial charge in [-0.3, -0.25) is 9.69 Å². The summed E-state index contributed by atoms with van der Waals surface area (Å²) in [6.45, 7) is 0.0495. The number of ether oxygens (including phenoxy) is 2. The molecule has 1 N–H and O–H groups in total. The second kappa shape index (κ2) is 11.1. The van der Waals surface area contributed by atoms with Crippen molar-refractivity contribution in [3.63, 3.8) is 0 Å². The first-order chi connectivity index (χ1) is 20.7. The molecular formula is C30H27Cl2N3O7S. The first-order valence-corrected chi connectivity index (χ1v) is 15.6. The van der Waals surface area contributed by atoms with Crippen molar-refractivity contribution >= 4 is 44.8 Å². The molecule has 2 aliphatic heterocycles. The Labute approximate surface area is 258 Å². The van der Waals surface area contributed by atoms with Gasteiger partial charge in [-0.15, -0.1) is 0 Å². The predicted molar refractivity (Wildman–Crippen MR) is 159 cm³/mol. The summed E-state index contributed by atoms with van der Waals surface area (Å²) in [5, 5.41) is 10.3. The molecule has 1 saturated heterocycles. The van der Waals surface area contributed by atoms with Crippen molar-refractivity contribution in [2.24, 2.45) is 0 Å². The van der Waals surface area contributed by atoms with Gasteiger partial charge in [0.1, 0.15) is 17.8 Å². The summed E-state index contributed by atoms with van der Waals surface area (Å²) < 4.78 is 46.3. The largest absolute Gasteiger partial charge is 0.497 e. The van der Waals surface area contributed by atoms with Crippen LogP contribution < -0.4 is 13.8 Å². The van der Waals surface area contributed by atoms with Crippen LogP contribution in [0.15, 0.2) is 76.4 Å². The maximum Gasteiger partial charge on any atom is 0.271 e. The van der Waals surface area contributed by atoms with E-state index in [1.165, 1.54) is 63.1 Å². The minimum absolute atomic E-state index is 0.0460. The minimum atomic E-state index is -4.50. The number of hydrogen-bond acceptors (Lipinski definition) is 9. The van der Waals surface area contributed by atoms with E-state index in [0.717, 1.165) is 4.31 Å². The predicted octanol–water partition coefficient (Wildman–Crippen LogP) is 5.31. The second-order valence-corrected chi connectivity index (χ2v) is 12.8. The van der Waals surface area contributed by atoms with E-state index in [0.29, 0.717) is 47.9 Å². The zero-order valence-electron chi connectivity index (χ0n) is 23.2. The molecule has 0 spiro atoms. The first kappa shape index (κ1) is 29.5. The van der Waals surface area contributed by atoms with Gasteiger partial charge in [0.05, 0.1) is 53.7 Å². The molecule has 3 heterocycles. The average Bonchev–Trinajstić information content (AvgIpc) is 3.76. The van der Waals surface area contributed by atoms with Gasteiger partial charge in [0.2, 0.25) is 5.89 Å². The number of anilines is 1. The molecule has 1 unspecified atom stereocenters. The van der Waals surface area contributed by atoms with Crippen LogP contribution in [0.4, 0.5) is 5.69 Å². The number of halogens is 2. The number of carbonyl (C=O) groups excluding carboxylic acids is 1. The molecule has 4 aromatic rings. The number of rotatable bonds is 8. The number of nitrogens with zero attached hydrogens (tertiary/aromatic N) is 3. The van der Waals surface area contributed by atoms with Gasteiger partial charge in [-0.1, -0.05) is 29.3 Å². The summed E-state index contributed by atoms with van der Waals surface area (Å²) in [6, 6.07) is 13.1. The molecular weight excluding hydrogens is 617 g/mol. The van der Waals surface area contributed by atoms with E-state index in [-0.39, 0.29) is 32.8 Å². The number of aliphatic hydroxyl groups is 1. The van der Waals surface area contributed by atoms with Gasteiger partial charge >= 0.3 is 0 Å². The number of methoxy groups -OCH3 is 2. The summed E-state index contributed by atoms with van der Waals surface area (Å²) >= 11 is 13.1. The molecule has 0 saturated carbocycles.